The van der Waals surface area contributed by atoms with Crippen LogP contribution in [0.2, 0.25) is 0 Å². The summed E-state index contributed by atoms with van der Waals surface area (Å²) >= 11 is 0. The topological polar surface area (TPSA) is 21.3 Å². The molecular weight excluding hydrogens is 246 g/mol. The lowest BCUT2D eigenvalue weighted by atomic mass is 9.67. The molecule has 0 aromatic carbocycles. The van der Waals surface area contributed by atoms with E-state index in [1.54, 1.807) is 0 Å². The highest BCUT2D eigenvalue weighted by Crippen LogP contribution is 2.58. The molecule has 2 saturated carbocycles. The van der Waals surface area contributed by atoms with Crippen LogP contribution in [-0.4, -0.2) is 26.3 Å². The zero-order valence-corrected chi connectivity index (χ0v) is 13.5. The molecule has 3 fully saturated rings. The largest absolute Gasteiger partial charge is 0.381 e. The molecule has 2 bridgehead atoms. The van der Waals surface area contributed by atoms with E-state index in [4.69, 9.17) is 4.74 Å². The van der Waals surface area contributed by atoms with E-state index in [1.807, 2.05) is 0 Å². The van der Waals surface area contributed by atoms with Gasteiger partial charge in [0.25, 0.3) is 0 Å². The number of hydrogen-bond acceptors (Lipinski definition) is 2. The van der Waals surface area contributed by atoms with Crippen LogP contribution in [0.15, 0.2) is 0 Å². The number of ether oxygens (including phenoxy) is 1. The standard InChI is InChI=1S/C18H33NO/c1-14(2)12-19-13-18(10-15-5-7-20-8-6-15)11-16-3-4-17(18)9-16/h14-17,19H,3-13H2,1-2H3. The van der Waals surface area contributed by atoms with Gasteiger partial charge < -0.3 is 10.1 Å². The number of nitrogens with one attached hydrogen (secondary N) is 1. The van der Waals surface area contributed by atoms with Crippen molar-refractivity contribution < 1.29 is 4.74 Å². The van der Waals surface area contributed by atoms with Crippen molar-refractivity contribution in [3.05, 3.63) is 0 Å². The van der Waals surface area contributed by atoms with Crippen LogP contribution in [0.4, 0.5) is 0 Å². The van der Waals surface area contributed by atoms with Gasteiger partial charge in [0.15, 0.2) is 0 Å². The van der Waals surface area contributed by atoms with E-state index in [0.717, 1.165) is 36.9 Å². The molecule has 2 nitrogen and oxygen atoms in total. The summed E-state index contributed by atoms with van der Waals surface area (Å²) in [4.78, 5) is 0. The van der Waals surface area contributed by atoms with Crippen LogP contribution < -0.4 is 5.32 Å². The Morgan fingerprint density at radius 1 is 1.15 bits per heavy atom. The summed E-state index contributed by atoms with van der Waals surface area (Å²) in [6.07, 6.45) is 10.2. The Morgan fingerprint density at radius 3 is 2.55 bits per heavy atom. The van der Waals surface area contributed by atoms with E-state index in [-0.39, 0.29) is 0 Å². The van der Waals surface area contributed by atoms with Crippen LogP contribution >= 0.6 is 0 Å². The summed E-state index contributed by atoms with van der Waals surface area (Å²) in [6, 6.07) is 0. The highest BCUT2D eigenvalue weighted by atomic mass is 16.5. The molecule has 2 aliphatic carbocycles. The summed E-state index contributed by atoms with van der Waals surface area (Å²) in [5.41, 5.74) is 0.639. The smallest absolute Gasteiger partial charge is 0.0468 e. The molecule has 3 atom stereocenters. The highest BCUT2D eigenvalue weighted by molar-refractivity contribution is 5.02. The van der Waals surface area contributed by atoms with E-state index in [1.165, 1.54) is 58.0 Å². The molecule has 0 radical (unpaired) electrons. The van der Waals surface area contributed by atoms with Crippen LogP contribution in [0.3, 0.4) is 0 Å². The predicted molar refractivity (Wildman–Crippen MR) is 83.7 cm³/mol. The third-order valence-corrected chi connectivity index (χ3v) is 6.17. The van der Waals surface area contributed by atoms with Gasteiger partial charge in [-0.05, 0) is 74.2 Å². The van der Waals surface area contributed by atoms with Gasteiger partial charge in [0, 0.05) is 19.8 Å². The molecule has 3 unspecified atom stereocenters. The van der Waals surface area contributed by atoms with Crippen molar-refractivity contribution in [2.75, 3.05) is 26.3 Å². The maximum atomic E-state index is 5.56. The molecule has 1 N–H and O–H groups in total. The van der Waals surface area contributed by atoms with E-state index in [2.05, 4.69) is 19.2 Å². The molecule has 2 heteroatoms. The first-order chi connectivity index (χ1) is 9.68. The summed E-state index contributed by atoms with van der Waals surface area (Å²) in [7, 11) is 0. The zero-order valence-electron chi connectivity index (χ0n) is 13.5. The Hall–Kier alpha value is -0.0800. The SMILES string of the molecule is CC(C)CNCC1(CC2CCOCC2)CC2CCC1C2. The minimum Gasteiger partial charge on any atom is -0.381 e. The molecule has 116 valence electrons. The van der Waals surface area contributed by atoms with E-state index in [0.29, 0.717) is 5.41 Å². The fraction of sp³-hybridized carbons (Fsp3) is 1.00. The molecule has 1 heterocycles. The van der Waals surface area contributed by atoms with Gasteiger partial charge in [0.2, 0.25) is 0 Å². The van der Waals surface area contributed by atoms with Crippen molar-refractivity contribution in [3.63, 3.8) is 0 Å². The lowest BCUT2D eigenvalue weighted by molar-refractivity contribution is 0.0317. The lowest BCUT2D eigenvalue weighted by Crippen LogP contribution is -2.42. The Morgan fingerprint density at radius 2 is 1.95 bits per heavy atom. The Bertz CT molecular complexity index is 311. The molecule has 0 aromatic heterocycles. The van der Waals surface area contributed by atoms with Gasteiger partial charge in [-0.25, -0.2) is 0 Å². The number of hydrogen-bond donors (Lipinski definition) is 1. The van der Waals surface area contributed by atoms with Crippen LogP contribution in [0.25, 0.3) is 0 Å². The van der Waals surface area contributed by atoms with Gasteiger partial charge in [-0.2, -0.15) is 0 Å². The van der Waals surface area contributed by atoms with E-state index in [9.17, 15) is 0 Å². The highest BCUT2D eigenvalue weighted by Gasteiger charge is 2.51. The third-order valence-electron chi connectivity index (χ3n) is 6.17. The van der Waals surface area contributed by atoms with Crippen molar-refractivity contribution in [1.82, 2.24) is 5.32 Å². The maximum absolute atomic E-state index is 5.56. The van der Waals surface area contributed by atoms with Crippen molar-refractivity contribution >= 4 is 0 Å². The van der Waals surface area contributed by atoms with Gasteiger partial charge >= 0.3 is 0 Å². The molecule has 1 aliphatic heterocycles. The van der Waals surface area contributed by atoms with Crippen LogP contribution in [0.1, 0.15) is 58.8 Å². The second kappa shape index (κ2) is 6.36. The van der Waals surface area contributed by atoms with E-state index >= 15 is 0 Å². The van der Waals surface area contributed by atoms with Gasteiger partial charge in [0.1, 0.15) is 0 Å². The minimum absolute atomic E-state index is 0.639. The number of rotatable bonds is 6. The van der Waals surface area contributed by atoms with Crippen LogP contribution in [0, 0.1) is 29.1 Å². The van der Waals surface area contributed by atoms with Crippen molar-refractivity contribution in [2.45, 2.75) is 58.8 Å². The number of fused-ring (bicyclic) bond motifs is 2. The summed E-state index contributed by atoms with van der Waals surface area (Å²) in [5.74, 6) is 3.79. The summed E-state index contributed by atoms with van der Waals surface area (Å²) < 4.78 is 5.56. The monoisotopic (exact) mass is 279 g/mol. The van der Waals surface area contributed by atoms with Crippen molar-refractivity contribution in [1.29, 1.82) is 0 Å². The predicted octanol–water partition coefficient (Wildman–Crippen LogP) is 3.86. The van der Waals surface area contributed by atoms with Gasteiger partial charge in [-0.3, -0.25) is 0 Å². The zero-order chi connectivity index (χ0) is 14.0. The van der Waals surface area contributed by atoms with Gasteiger partial charge in [-0.1, -0.05) is 20.3 Å². The molecule has 0 aromatic rings. The van der Waals surface area contributed by atoms with Crippen molar-refractivity contribution in [3.8, 4) is 0 Å². The molecule has 1 saturated heterocycles. The molecule has 0 spiro atoms. The fourth-order valence-electron chi connectivity index (χ4n) is 5.23. The van der Waals surface area contributed by atoms with Gasteiger partial charge in [-0.15, -0.1) is 0 Å². The quantitative estimate of drug-likeness (QED) is 0.797. The third kappa shape index (κ3) is 3.22. The molecule has 20 heavy (non-hydrogen) atoms. The molecule has 3 rings (SSSR count). The van der Waals surface area contributed by atoms with Gasteiger partial charge in [0.05, 0.1) is 0 Å². The lowest BCUT2D eigenvalue weighted by Gasteiger charge is -2.42. The van der Waals surface area contributed by atoms with Crippen LogP contribution in [-0.2, 0) is 4.74 Å². The second-order valence-corrected chi connectivity index (χ2v) is 8.23. The second-order valence-electron chi connectivity index (χ2n) is 8.23. The molecule has 3 aliphatic rings. The normalized spacial score (nSPS) is 38.0. The average molecular weight is 279 g/mol. The molecular formula is C18H33NO. The molecule has 0 amide bonds. The maximum Gasteiger partial charge on any atom is 0.0468 e. The Balaban J connectivity index is 1.61. The first kappa shape index (κ1) is 14.8. The first-order valence-electron chi connectivity index (χ1n) is 8.96. The fourth-order valence-corrected chi connectivity index (χ4v) is 5.23. The van der Waals surface area contributed by atoms with Crippen molar-refractivity contribution in [2.24, 2.45) is 29.1 Å². The Labute approximate surface area is 125 Å². The van der Waals surface area contributed by atoms with E-state index < -0.39 is 0 Å². The Kier molecular flexibility index (Phi) is 4.72. The van der Waals surface area contributed by atoms with Crippen LogP contribution in [0.5, 0.6) is 0 Å². The summed E-state index contributed by atoms with van der Waals surface area (Å²) in [5, 5.41) is 3.81. The first-order valence-corrected chi connectivity index (χ1v) is 8.96. The minimum atomic E-state index is 0.639. The summed E-state index contributed by atoms with van der Waals surface area (Å²) in [6.45, 7) is 9.12. The average Bonchev–Trinajstić information content (AvgIpc) is 3.00.